The molecule has 62 valence electrons. The first kappa shape index (κ1) is 8.38. The zero-order valence-electron chi connectivity index (χ0n) is 5.09. The van der Waals surface area contributed by atoms with Crippen molar-refractivity contribution in [2.45, 2.75) is 11.9 Å². The summed E-state index contributed by atoms with van der Waals surface area (Å²) in [6.45, 7) is 0. The van der Waals surface area contributed by atoms with Gasteiger partial charge in [-0.2, -0.15) is 25.8 Å². The molecule has 0 unspecified atom stereocenters. The number of alkyl halides is 3. The van der Waals surface area contributed by atoms with Crippen LogP contribution < -0.4 is 0 Å². The van der Waals surface area contributed by atoms with E-state index in [-0.39, 0.29) is 11.6 Å². The molecule has 0 radical (unpaired) electrons. The number of nitrogens with zero attached hydrogens (tertiary/aromatic N) is 2. The Labute approximate surface area is 65.0 Å². The van der Waals surface area contributed by atoms with Gasteiger partial charge in [0.25, 0.3) is 0 Å². The Morgan fingerprint density at radius 1 is 1.36 bits per heavy atom. The van der Waals surface area contributed by atoms with Crippen molar-refractivity contribution in [2.24, 2.45) is 0 Å². The van der Waals surface area contributed by atoms with E-state index in [1.807, 2.05) is 0 Å². The molecule has 0 aromatic carbocycles. The van der Waals surface area contributed by atoms with Gasteiger partial charge in [0, 0.05) is 0 Å². The van der Waals surface area contributed by atoms with Crippen molar-refractivity contribution in [1.29, 1.82) is 0 Å². The molecule has 0 aliphatic carbocycles. The SMILES string of the molecule is FC(F)(F)c1nnc(CS)o1. The standard InChI is InChI=1S/C4H3F3N2OS/c5-4(6,7)3-9-8-2(1-11)10-3/h11H,1H2. The predicted molar refractivity (Wildman–Crippen MR) is 32.0 cm³/mol. The molecule has 0 N–H and O–H groups in total. The molecule has 0 fully saturated rings. The van der Waals surface area contributed by atoms with Gasteiger partial charge in [-0.3, -0.25) is 0 Å². The molecule has 11 heavy (non-hydrogen) atoms. The van der Waals surface area contributed by atoms with E-state index in [1.54, 1.807) is 0 Å². The lowest BCUT2D eigenvalue weighted by molar-refractivity contribution is -0.157. The fourth-order valence-electron chi connectivity index (χ4n) is 0.432. The monoisotopic (exact) mass is 184 g/mol. The van der Waals surface area contributed by atoms with E-state index in [2.05, 4.69) is 27.2 Å². The first-order valence-corrected chi connectivity index (χ1v) is 3.17. The average Bonchev–Trinajstić information content (AvgIpc) is 2.32. The quantitative estimate of drug-likeness (QED) is 0.672. The van der Waals surface area contributed by atoms with Crippen molar-refractivity contribution in [3.8, 4) is 0 Å². The Morgan fingerprint density at radius 2 is 2.00 bits per heavy atom. The smallest absolute Gasteiger partial charge is 0.417 e. The number of hydrogen-bond acceptors (Lipinski definition) is 4. The minimum Gasteiger partial charge on any atom is -0.417 e. The third-order valence-electron chi connectivity index (χ3n) is 0.845. The second-order valence-electron chi connectivity index (χ2n) is 1.66. The van der Waals surface area contributed by atoms with Crippen LogP contribution in [0.5, 0.6) is 0 Å². The van der Waals surface area contributed by atoms with Crippen molar-refractivity contribution in [2.75, 3.05) is 0 Å². The number of thiol groups is 1. The Kier molecular flexibility index (Phi) is 2.08. The van der Waals surface area contributed by atoms with Crippen molar-refractivity contribution in [3.63, 3.8) is 0 Å². The van der Waals surface area contributed by atoms with Crippen molar-refractivity contribution in [3.05, 3.63) is 11.8 Å². The molecule has 0 aliphatic heterocycles. The number of hydrogen-bond donors (Lipinski definition) is 1. The largest absolute Gasteiger partial charge is 0.470 e. The zero-order valence-corrected chi connectivity index (χ0v) is 5.99. The van der Waals surface area contributed by atoms with Crippen LogP contribution in [0.2, 0.25) is 0 Å². The Morgan fingerprint density at radius 3 is 2.27 bits per heavy atom. The van der Waals surface area contributed by atoms with Gasteiger partial charge in [0.1, 0.15) is 0 Å². The van der Waals surface area contributed by atoms with Gasteiger partial charge in [0.15, 0.2) is 0 Å². The van der Waals surface area contributed by atoms with Crippen LogP contribution in [0.1, 0.15) is 11.8 Å². The summed E-state index contributed by atoms with van der Waals surface area (Å²) in [5, 5.41) is 5.86. The number of halogens is 3. The third kappa shape index (κ3) is 1.86. The number of aromatic nitrogens is 2. The van der Waals surface area contributed by atoms with Crippen LogP contribution in [0.15, 0.2) is 4.42 Å². The lowest BCUT2D eigenvalue weighted by Gasteiger charge is -1.96. The van der Waals surface area contributed by atoms with Crippen LogP contribution in [0, 0.1) is 0 Å². The Hall–Kier alpha value is -0.720. The number of rotatable bonds is 1. The summed E-state index contributed by atoms with van der Waals surface area (Å²) in [6.07, 6.45) is -4.56. The molecule has 0 saturated carbocycles. The maximum atomic E-state index is 11.7. The second kappa shape index (κ2) is 2.72. The van der Waals surface area contributed by atoms with Gasteiger partial charge >= 0.3 is 12.1 Å². The minimum atomic E-state index is -4.56. The van der Waals surface area contributed by atoms with Crippen LogP contribution in [0.25, 0.3) is 0 Å². The molecule has 0 aliphatic rings. The van der Waals surface area contributed by atoms with E-state index < -0.39 is 12.1 Å². The van der Waals surface area contributed by atoms with E-state index in [0.717, 1.165) is 0 Å². The lowest BCUT2D eigenvalue weighted by atomic mass is 10.7. The summed E-state index contributed by atoms with van der Waals surface area (Å²) in [5.41, 5.74) is 0. The van der Waals surface area contributed by atoms with E-state index in [4.69, 9.17) is 0 Å². The molecule has 0 bridgehead atoms. The molecule has 1 aromatic rings. The lowest BCUT2D eigenvalue weighted by Crippen LogP contribution is -2.04. The van der Waals surface area contributed by atoms with Gasteiger partial charge in [-0.05, 0) is 0 Å². The molecular weight excluding hydrogens is 181 g/mol. The summed E-state index contributed by atoms with van der Waals surface area (Å²) < 4.78 is 39.3. The van der Waals surface area contributed by atoms with Crippen LogP contribution in [-0.2, 0) is 11.9 Å². The van der Waals surface area contributed by atoms with Crippen molar-refractivity contribution < 1.29 is 17.6 Å². The average molecular weight is 184 g/mol. The van der Waals surface area contributed by atoms with E-state index in [9.17, 15) is 13.2 Å². The first-order valence-electron chi connectivity index (χ1n) is 2.54. The zero-order chi connectivity index (χ0) is 8.48. The van der Waals surface area contributed by atoms with E-state index >= 15 is 0 Å². The molecule has 7 heteroatoms. The van der Waals surface area contributed by atoms with Gasteiger partial charge in [0.2, 0.25) is 5.89 Å². The topological polar surface area (TPSA) is 38.9 Å². The molecule has 0 amide bonds. The molecule has 3 nitrogen and oxygen atoms in total. The van der Waals surface area contributed by atoms with Crippen LogP contribution in [-0.4, -0.2) is 10.2 Å². The van der Waals surface area contributed by atoms with Crippen molar-refractivity contribution >= 4 is 12.6 Å². The van der Waals surface area contributed by atoms with Gasteiger partial charge in [-0.25, -0.2) is 0 Å². The normalized spacial score (nSPS) is 12.0. The minimum absolute atomic E-state index is 0.00306. The summed E-state index contributed by atoms with van der Waals surface area (Å²) in [5.74, 6) is -1.47. The summed E-state index contributed by atoms with van der Waals surface area (Å²) in [4.78, 5) is 0. The Balaban J connectivity index is 2.89. The maximum absolute atomic E-state index is 11.7. The second-order valence-corrected chi connectivity index (χ2v) is 1.97. The predicted octanol–water partition coefficient (Wildman–Crippen LogP) is 1.52. The van der Waals surface area contributed by atoms with Gasteiger partial charge in [-0.15, -0.1) is 10.2 Å². The third-order valence-corrected chi connectivity index (χ3v) is 1.12. The highest BCUT2D eigenvalue weighted by molar-refractivity contribution is 7.79. The van der Waals surface area contributed by atoms with Crippen molar-refractivity contribution in [1.82, 2.24) is 10.2 Å². The highest BCUT2D eigenvalue weighted by atomic mass is 32.1. The highest BCUT2D eigenvalue weighted by Gasteiger charge is 2.37. The summed E-state index contributed by atoms with van der Waals surface area (Å²) in [7, 11) is 0. The Bertz CT molecular complexity index is 246. The highest BCUT2D eigenvalue weighted by Crippen LogP contribution is 2.27. The molecule has 1 rings (SSSR count). The fraction of sp³-hybridized carbons (Fsp3) is 0.500. The first-order chi connectivity index (χ1) is 5.04. The van der Waals surface area contributed by atoms with Gasteiger partial charge < -0.3 is 4.42 Å². The summed E-state index contributed by atoms with van der Waals surface area (Å²) in [6, 6.07) is 0. The molecule has 0 spiro atoms. The molecular formula is C4H3F3N2OS. The molecule has 1 aromatic heterocycles. The molecule has 1 heterocycles. The fourth-order valence-corrected chi connectivity index (χ4v) is 0.560. The van der Waals surface area contributed by atoms with Crippen LogP contribution in [0.3, 0.4) is 0 Å². The van der Waals surface area contributed by atoms with E-state index in [0.29, 0.717) is 0 Å². The summed E-state index contributed by atoms with van der Waals surface area (Å²) >= 11 is 3.66. The van der Waals surface area contributed by atoms with Crippen LogP contribution >= 0.6 is 12.6 Å². The maximum Gasteiger partial charge on any atom is 0.470 e. The van der Waals surface area contributed by atoms with Crippen LogP contribution in [0.4, 0.5) is 13.2 Å². The molecule has 0 atom stereocenters. The van der Waals surface area contributed by atoms with Gasteiger partial charge in [-0.1, -0.05) is 0 Å². The van der Waals surface area contributed by atoms with E-state index in [1.165, 1.54) is 0 Å². The van der Waals surface area contributed by atoms with Gasteiger partial charge in [0.05, 0.1) is 5.75 Å². The molecule has 0 saturated heterocycles.